The molecule has 1 aromatic heterocycles. The summed E-state index contributed by atoms with van der Waals surface area (Å²) < 4.78 is 64.7. The molecule has 13 heteroatoms. The van der Waals surface area contributed by atoms with Crippen molar-refractivity contribution in [2.45, 2.75) is 24.5 Å². The molecule has 46 heavy (non-hydrogen) atoms. The molecule has 0 bridgehead atoms. The molecule has 1 amide bonds. The number of carboxylic acid groups (broad SMARTS) is 1. The first kappa shape index (κ1) is 33.1. The van der Waals surface area contributed by atoms with E-state index < -0.39 is 21.8 Å². The van der Waals surface area contributed by atoms with Crippen LogP contribution in [-0.2, 0) is 25.2 Å². The average Bonchev–Trinajstić information content (AvgIpc) is 3.82. The highest BCUT2D eigenvalue weighted by Gasteiger charge is 2.31. The van der Waals surface area contributed by atoms with Gasteiger partial charge in [-0.1, -0.05) is 12.1 Å². The van der Waals surface area contributed by atoms with E-state index in [1.165, 1.54) is 37.4 Å². The fraction of sp³-hybridized carbons (Fsp3) is 0.333. The lowest BCUT2D eigenvalue weighted by molar-refractivity contribution is 0.0378. The van der Waals surface area contributed by atoms with E-state index in [0.717, 1.165) is 18.4 Å². The van der Waals surface area contributed by atoms with E-state index >= 15 is 0 Å². The van der Waals surface area contributed by atoms with Crippen LogP contribution in [0.4, 0.5) is 4.39 Å². The number of benzene rings is 3. The number of rotatable bonds is 17. The second-order valence-electron chi connectivity index (χ2n) is 10.7. The van der Waals surface area contributed by atoms with Crippen LogP contribution in [0.5, 0.6) is 5.75 Å². The number of amides is 1. The largest absolute Gasteiger partial charge is 0.490 e. The zero-order chi connectivity index (χ0) is 32.7. The van der Waals surface area contributed by atoms with Crippen molar-refractivity contribution in [2.24, 2.45) is 0 Å². The molecule has 1 aliphatic rings. The summed E-state index contributed by atoms with van der Waals surface area (Å²) in [5.41, 5.74) is 2.74. The van der Waals surface area contributed by atoms with Crippen molar-refractivity contribution >= 4 is 32.9 Å². The number of carboxylic acids is 1. The summed E-state index contributed by atoms with van der Waals surface area (Å²) >= 11 is 0. The van der Waals surface area contributed by atoms with E-state index in [1.807, 2.05) is 6.07 Å². The molecule has 3 N–H and O–H groups in total. The first-order chi connectivity index (χ1) is 22.2. The van der Waals surface area contributed by atoms with Crippen LogP contribution in [0.25, 0.3) is 22.3 Å². The molecule has 0 radical (unpaired) electrons. The summed E-state index contributed by atoms with van der Waals surface area (Å²) in [6, 6.07) is 15.5. The van der Waals surface area contributed by atoms with Gasteiger partial charge in [0, 0.05) is 24.5 Å². The Morgan fingerprint density at radius 2 is 1.67 bits per heavy atom. The molecule has 0 unspecified atom stereocenters. The molecule has 4 aromatic rings. The summed E-state index contributed by atoms with van der Waals surface area (Å²) in [5, 5.41) is 12.4. The Labute approximate surface area is 265 Å². The summed E-state index contributed by atoms with van der Waals surface area (Å²) in [6.45, 7) is 1.07. The number of furan rings is 1. The first-order valence-electron chi connectivity index (χ1n) is 14.8. The predicted octanol–water partition coefficient (Wildman–Crippen LogP) is 4.71. The second-order valence-corrected chi connectivity index (χ2v) is 12.5. The highest BCUT2D eigenvalue weighted by Crippen LogP contribution is 2.45. The molecule has 11 nitrogen and oxygen atoms in total. The van der Waals surface area contributed by atoms with Crippen LogP contribution >= 0.6 is 0 Å². The molecule has 1 heterocycles. The third-order valence-electron chi connectivity index (χ3n) is 7.42. The second kappa shape index (κ2) is 14.9. The number of carbonyl (C=O) groups excluding carboxylic acids is 1. The molecule has 0 aliphatic heterocycles. The fourth-order valence-electron chi connectivity index (χ4n) is 5.08. The lowest BCUT2D eigenvalue weighted by atomic mass is 9.98. The summed E-state index contributed by atoms with van der Waals surface area (Å²) in [6.07, 6.45) is 1.84. The van der Waals surface area contributed by atoms with Gasteiger partial charge >= 0.3 is 5.97 Å². The van der Waals surface area contributed by atoms with Gasteiger partial charge in [-0.15, -0.1) is 0 Å². The number of carbonyl (C=O) groups is 2. The number of nitrogens with one attached hydrogen (secondary N) is 2. The van der Waals surface area contributed by atoms with E-state index in [4.69, 9.17) is 18.6 Å². The van der Waals surface area contributed by atoms with Gasteiger partial charge in [-0.25, -0.2) is 22.3 Å². The topological polar surface area (TPSA) is 153 Å². The van der Waals surface area contributed by atoms with Gasteiger partial charge in [0.2, 0.25) is 10.0 Å². The molecule has 1 aliphatic carbocycles. The van der Waals surface area contributed by atoms with Crippen molar-refractivity contribution in [1.29, 1.82) is 0 Å². The third-order valence-corrected chi connectivity index (χ3v) is 8.75. The van der Waals surface area contributed by atoms with Crippen molar-refractivity contribution in [3.8, 4) is 17.1 Å². The lowest BCUT2D eigenvalue weighted by Gasteiger charge is -2.12. The normalized spacial score (nSPS) is 13.2. The molecular formula is C33H35FN2O9S. The van der Waals surface area contributed by atoms with Gasteiger partial charge < -0.3 is 29.1 Å². The summed E-state index contributed by atoms with van der Waals surface area (Å²) in [7, 11) is -2.22. The smallest absolute Gasteiger partial charge is 0.339 e. The van der Waals surface area contributed by atoms with E-state index in [2.05, 4.69) is 10.0 Å². The van der Waals surface area contributed by atoms with Crippen molar-refractivity contribution in [3.05, 3.63) is 88.7 Å². The molecular weight excluding hydrogens is 619 g/mol. The Bertz CT molecular complexity index is 1800. The van der Waals surface area contributed by atoms with E-state index in [-0.39, 0.29) is 74.2 Å². The first-order valence-corrected chi connectivity index (χ1v) is 16.5. The lowest BCUT2D eigenvalue weighted by Crippen LogP contribution is -2.29. The fourth-order valence-corrected chi connectivity index (χ4v) is 6.24. The summed E-state index contributed by atoms with van der Waals surface area (Å²) in [5.74, 6) is -1.38. The minimum atomic E-state index is -3.74. The average molecular weight is 655 g/mol. The highest BCUT2D eigenvalue weighted by molar-refractivity contribution is 7.88. The van der Waals surface area contributed by atoms with Crippen LogP contribution in [0, 0.1) is 5.82 Å². The highest BCUT2D eigenvalue weighted by atomic mass is 32.2. The van der Waals surface area contributed by atoms with E-state index in [1.54, 1.807) is 24.3 Å². The molecule has 5 rings (SSSR count). The number of para-hydroxylation sites is 1. The van der Waals surface area contributed by atoms with Crippen molar-refractivity contribution in [1.82, 2.24) is 10.0 Å². The van der Waals surface area contributed by atoms with Gasteiger partial charge in [0.05, 0.1) is 37.7 Å². The maximum atomic E-state index is 13.6. The summed E-state index contributed by atoms with van der Waals surface area (Å²) in [4.78, 5) is 24.1. The monoisotopic (exact) mass is 654 g/mol. The Balaban J connectivity index is 1.14. The number of halogens is 1. The number of ether oxygens (including phenoxy) is 3. The number of hydrogen-bond acceptors (Lipinski definition) is 8. The Hall–Kier alpha value is -4.30. The standard InChI is InChI=1S/C33H35FN2O9S/c1-35-32(37)30-27-19-26(21-6-7-21)23(18-29(27)45-31(30)22-8-10-24(34)11-9-22)20-46(40,41)36-12-13-42-14-15-43-16-17-44-28-5-3-2-4-25(28)33(38)39/h2-5,8-11,18-19,21,36H,6-7,12-17,20H2,1H3,(H,35,37)(H,38,39). The van der Waals surface area contributed by atoms with E-state index in [9.17, 15) is 27.5 Å². The molecule has 0 saturated heterocycles. The Morgan fingerprint density at radius 3 is 2.37 bits per heavy atom. The molecule has 3 aromatic carbocycles. The quantitative estimate of drug-likeness (QED) is 0.138. The van der Waals surface area contributed by atoms with Crippen LogP contribution in [0.2, 0.25) is 0 Å². The van der Waals surface area contributed by atoms with Crippen LogP contribution in [0.15, 0.2) is 65.1 Å². The van der Waals surface area contributed by atoms with Crippen LogP contribution < -0.4 is 14.8 Å². The molecule has 1 saturated carbocycles. The molecule has 0 atom stereocenters. The van der Waals surface area contributed by atoms with E-state index in [0.29, 0.717) is 27.7 Å². The van der Waals surface area contributed by atoms with Crippen molar-refractivity contribution in [3.63, 3.8) is 0 Å². The number of aromatic carboxylic acids is 1. The minimum Gasteiger partial charge on any atom is -0.490 e. The number of sulfonamides is 1. The van der Waals surface area contributed by atoms with Crippen molar-refractivity contribution < 1.29 is 46.1 Å². The number of fused-ring (bicyclic) bond motifs is 1. The zero-order valence-electron chi connectivity index (χ0n) is 25.2. The Kier molecular flexibility index (Phi) is 10.7. The maximum absolute atomic E-state index is 13.6. The molecule has 0 spiro atoms. The van der Waals surface area contributed by atoms with Gasteiger partial charge in [-0.2, -0.15) is 0 Å². The van der Waals surface area contributed by atoms with Gasteiger partial charge in [0.1, 0.15) is 35.1 Å². The minimum absolute atomic E-state index is 0.0642. The van der Waals surface area contributed by atoms with Gasteiger partial charge in [-0.3, -0.25) is 4.79 Å². The Morgan fingerprint density at radius 1 is 0.978 bits per heavy atom. The van der Waals surface area contributed by atoms with Gasteiger partial charge in [0.15, 0.2) is 0 Å². The zero-order valence-corrected chi connectivity index (χ0v) is 26.0. The molecule has 244 valence electrons. The van der Waals surface area contributed by atoms with Crippen LogP contribution in [0.1, 0.15) is 50.6 Å². The third kappa shape index (κ3) is 8.29. The van der Waals surface area contributed by atoms with Crippen LogP contribution in [0.3, 0.4) is 0 Å². The predicted molar refractivity (Wildman–Crippen MR) is 168 cm³/mol. The van der Waals surface area contributed by atoms with Gasteiger partial charge in [-0.05, 0) is 78.4 Å². The van der Waals surface area contributed by atoms with Gasteiger partial charge in [0.25, 0.3) is 5.91 Å². The van der Waals surface area contributed by atoms with Crippen molar-refractivity contribution in [2.75, 3.05) is 46.6 Å². The van der Waals surface area contributed by atoms with Crippen LogP contribution in [-0.4, -0.2) is 72.0 Å². The molecule has 1 fully saturated rings. The SMILES string of the molecule is CNC(=O)c1c(-c2ccc(F)cc2)oc2cc(CS(=O)(=O)NCCOCCOCCOc3ccccc3C(=O)O)c(C3CC3)cc12. The number of hydrogen-bond donors (Lipinski definition) is 3. The maximum Gasteiger partial charge on any atom is 0.339 e.